The average Bonchev–Trinajstić information content (AvgIpc) is 3.03. The number of nitrogens with zero attached hydrogens (tertiary/aromatic N) is 1. The SMILES string of the molecule is COCCCN([C@@H](C)C(=O)c1c(C)[nH]c(C(=O)OC)c1C)S(=O)(=O)c1ccc(C)cc1. The lowest BCUT2D eigenvalue weighted by atomic mass is 10.0. The maximum absolute atomic E-state index is 13.4. The first-order valence-corrected chi connectivity index (χ1v) is 11.4. The maximum atomic E-state index is 13.4. The van der Waals surface area contributed by atoms with Gasteiger partial charge in [-0.05, 0) is 51.8 Å². The van der Waals surface area contributed by atoms with Gasteiger partial charge in [-0.25, -0.2) is 13.2 Å². The molecule has 0 aliphatic rings. The van der Waals surface area contributed by atoms with E-state index in [9.17, 15) is 18.0 Å². The van der Waals surface area contributed by atoms with E-state index in [0.717, 1.165) is 5.56 Å². The van der Waals surface area contributed by atoms with Crippen molar-refractivity contribution in [2.75, 3.05) is 27.4 Å². The number of rotatable bonds is 10. The lowest BCUT2D eigenvalue weighted by Gasteiger charge is -2.28. The minimum atomic E-state index is -3.94. The van der Waals surface area contributed by atoms with Crippen LogP contribution in [0.5, 0.6) is 0 Å². The molecule has 9 heteroatoms. The van der Waals surface area contributed by atoms with Crippen LogP contribution in [0.2, 0.25) is 0 Å². The highest BCUT2D eigenvalue weighted by Gasteiger charge is 2.35. The molecule has 0 spiro atoms. The van der Waals surface area contributed by atoms with Gasteiger partial charge in [-0.1, -0.05) is 17.7 Å². The Bertz CT molecular complexity index is 1040. The lowest BCUT2D eigenvalue weighted by molar-refractivity contribution is 0.0593. The van der Waals surface area contributed by atoms with Crippen LogP contribution in [-0.4, -0.2) is 62.9 Å². The van der Waals surface area contributed by atoms with Crippen LogP contribution in [0.25, 0.3) is 0 Å². The third-order valence-corrected chi connectivity index (χ3v) is 7.22. The zero-order valence-corrected chi connectivity index (χ0v) is 19.6. The number of aromatic nitrogens is 1. The summed E-state index contributed by atoms with van der Waals surface area (Å²) in [5.41, 5.74) is 2.33. The first-order chi connectivity index (χ1) is 14.6. The summed E-state index contributed by atoms with van der Waals surface area (Å²) in [5, 5.41) is 0. The Hall–Kier alpha value is -2.49. The number of carbonyl (C=O) groups is 2. The number of aryl methyl sites for hydroxylation is 2. The van der Waals surface area contributed by atoms with E-state index in [-0.39, 0.29) is 17.1 Å². The molecule has 1 heterocycles. The Morgan fingerprint density at radius 1 is 1.10 bits per heavy atom. The van der Waals surface area contributed by atoms with E-state index >= 15 is 0 Å². The molecule has 0 amide bonds. The summed E-state index contributed by atoms with van der Waals surface area (Å²) in [6.45, 7) is 7.21. The molecule has 8 nitrogen and oxygen atoms in total. The molecule has 0 aliphatic heterocycles. The van der Waals surface area contributed by atoms with Gasteiger partial charge in [0.25, 0.3) is 0 Å². The van der Waals surface area contributed by atoms with Crippen LogP contribution >= 0.6 is 0 Å². The maximum Gasteiger partial charge on any atom is 0.354 e. The number of carbonyl (C=O) groups excluding carboxylic acids is 2. The number of H-pyrrole nitrogens is 1. The van der Waals surface area contributed by atoms with Crippen molar-refractivity contribution in [2.45, 2.75) is 45.1 Å². The zero-order chi connectivity index (χ0) is 23.3. The number of benzene rings is 1. The van der Waals surface area contributed by atoms with Crippen molar-refractivity contribution in [3.8, 4) is 0 Å². The standard InChI is InChI=1S/C22H30N2O6S/c1-14-8-10-18(11-9-14)31(27,28)24(12-7-13-29-5)17(4)21(25)19-15(2)20(22(26)30-6)23-16(19)3/h8-11,17,23H,7,12-13H2,1-6H3/t17-/m0/s1. The molecule has 0 fully saturated rings. The summed E-state index contributed by atoms with van der Waals surface area (Å²) >= 11 is 0. The highest BCUT2D eigenvalue weighted by Crippen LogP contribution is 2.25. The van der Waals surface area contributed by atoms with Crippen LogP contribution in [0.15, 0.2) is 29.2 Å². The van der Waals surface area contributed by atoms with Gasteiger partial charge in [0.05, 0.1) is 18.0 Å². The lowest BCUT2D eigenvalue weighted by Crippen LogP contribution is -2.44. The first kappa shape index (κ1) is 24.8. The monoisotopic (exact) mass is 450 g/mol. The molecule has 0 saturated heterocycles. The van der Waals surface area contributed by atoms with Crippen molar-refractivity contribution in [1.82, 2.24) is 9.29 Å². The van der Waals surface area contributed by atoms with Gasteiger partial charge in [0.15, 0.2) is 5.78 Å². The molecule has 2 rings (SSSR count). The number of Topliss-reactive ketones (excluding diaryl/α,β-unsaturated/α-hetero) is 1. The van der Waals surface area contributed by atoms with Gasteiger partial charge in [0, 0.05) is 31.5 Å². The molecule has 0 bridgehead atoms. The van der Waals surface area contributed by atoms with Crippen molar-refractivity contribution in [2.24, 2.45) is 0 Å². The molecule has 0 saturated carbocycles. The number of aromatic amines is 1. The van der Waals surface area contributed by atoms with E-state index in [2.05, 4.69) is 4.98 Å². The number of sulfonamides is 1. The smallest absolute Gasteiger partial charge is 0.354 e. The van der Waals surface area contributed by atoms with Crippen molar-refractivity contribution in [3.63, 3.8) is 0 Å². The Labute approximate surface area is 183 Å². The number of ether oxygens (including phenoxy) is 2. The van der Waals surface area contributed by atoms with Gasteiger partial charge in [-0.3, -0.25) is 4.79 Å². The van der Waals surface area contributed by atoms with Crippen LogP contribution in [0.4, 0.5) is 0 Å². The van der Waals surface area contributed by atoms with Crippen LogP contribution in [0, 0.1) is 20.8 Å². The average molecular weight is 451 g/mol. The molecule has 170 valence electrons. The fraction of sp³-hybridized carbons (Fsp3) is 0.455. The predicted octanol–water partition coefficient (Wildman–Crippen LogP) is 3.03. The minimum absolute atomic E-state index is 0.114. The second kappa shape index (κ2) is 10.2. The fourth-order valence-corrected chi connectivity index (χ4v) is 5.13. The predicted molar refractivity (Wildman–Crippen MR) is 117 cm³/mol. The Kier molecular flexibility index (Phi) is 8.16. The summed E-state index contributed by atoms with van der Waals surface area (Å²) in [4.78, 5) is 28.4. The number of ketones is 1. The highest BCUT2D eigenvalue weighted by atomic mass is 32.2. The number of methoxy groups -OCH3 is 2. The van der Waals surface area contributed by atoms with E-state index in [1.807, 2.05) is 6.92 Å². The second-order valence-electron chi connectivity index (χ2n) is 7.43. The summed E-state index contributed by atoms with van der Waals surface area (Å²) in [5.74, 6) is -0.981. The number of hydrogen-bond acceptors (Lipinski definition) is 6. The highest BCUT2D eigenvalue weighted by molar-refractivity contribution is 7.89. The summed E-state index contributed by atoms with van der Waals surface area (Å²) in [6.07, 6.45) is 0.428. The third kappa shape index (κ3) is 5.23. The van der Waals surface area contributed by atoms with E-state index in [4.69, 9.17) is 9.47 Å². The van der Waals surface area contributed by atoms with Gasteiger partial charge in [-0.15, -0.1) is 0 Å². The van der Waals surface area contributed by atoms with Crippen molar-refractivity contribution >= 4 is 21.8 Å². The van der Waals surface area contributed by atoms with Crippen LogP contribution in [-0.2, 0) is 19.5 Å². The Morgan fingerprint density at radius 2 is 1.71 bits per heavy atom. The molecule has 31 heavy (non-hydrogen) atoms. The van der Waals surface area contributed by atoms with Gasteiger partial charge >= 0.3 is 5.97 Å². The molecule has 1 aromatic carbocycles. The Morgan fingerprint density at radius 3 is 2.26 bits per heavy atom. The molecule has 0 radical (unpaired) electrons. The van der Waals surface area contributed by atoms with E-state index in [0.29, 0.717) is 29.8 Å². The zero-order valence-electron chi connectivity index (χ0n) is 18.8. The summed E-state index contributed by atoms with van der Waals surface area (Å²) < 4.78 is 37.8. The van der Waals surface area contributed by atoms with Gasteiger partial charge in [0.1, 0.15) is 5.69 Å². The van der Waals surface area contributed by atoms with E-state index in [1.54, 1.807) is 32.9 Å². The van der Waals surface area contributed by atoms with Crippen molar-refractivity contribution in [1.29, 1.82) is 0 Å². The summed E-state index contributed by atoms with van der Waals surface area (Å²) in [6, 6.07) is 5.52. The number of hydrogen-bond donors (Lipinski definition) is 1. The molecule has 0 unspecified atom stereocenters. The molecular weight excluding hydrogens is 420 g/mol. The van der Waals surface area contributed by atoms with Crippen LogP contribution < -0.4 is 0 Å². The fourth-order valence-electron chi connectivity index (χ4n) is 3.50. The largest absolute Gasteiger partial charge is 0.464 e. The topological polar surface area (TPSA) is 106 Å². The van der Waals surface area contributed by atoms with E-state index in [1.165, 1.54) is 30.7 Å². The Balaban J connectivity index is 2.47. The molecule has 1 aromatic heterocycles. The molecule has 2 aromatic rings. The molecular formula is C22H30N2O6S. The van der Waals surface area contributed by atoms with Crippen molar-refractivity contribution < 1.29 is 27.5 Å². The number of nitrogens with one attached hydrogen (secondary N) is 1. The quantitative estimate of drug-likeness (QED) is 0.339. The van der Waals surface area contributed by atoms with Gasteiger partial charge in [0.2, 0.25) is 10.0 Å². The normalized spacial score (nSPS) is 12.7. The third-order valence-electron chi connectivity index (χ3n) is 5.24. The van der Waals surface area contributed by atoms with Crippen LogP contribution in [0.1, 0.15) is 51.0 Å². The van der Waals surface area contributed by atoms with Crippen LogP contribution in [0.3, 0.4) is 0 Å². The summed E-state index contributed by atoms with van der Waals surface area (Å²) in [7, 11) is -1.14. The number of esters is 1. The van der Waals surface area contributed by atoms with E-state index < -0.39 is 27.8 Å². The molecule has 1 N–H and O–H groups in total. The first-order valence-electron chi connectivity index (χ1n) is 9.95. The molecule has 1 atom stereocenters. The van der Waals surface area contributed by atoms with Gasteiger partial charge < -0.3 is 14.5 Å². The van der Waals surface area contributed by atoms with Gasteiger partial charge in [-0.2, -0.15) is 4.31 Å². The molecule has 0 aliphatic carbocycles. The second-order valence-corrected chi connectivity index (χ2v) is 9.32. The van der Waals surface area contributed by atoms with Crippen molar-refractivity contribution in [3.05, 3.63) is 52.3 Å². The minimum Gasteiger partial charge on any atom is -0.464 e.